The molecule has 0 aliphatic carbocycles. The summed E-state index contributed by atoms with van der Waals surface area (Å²) in [6, 6.07) is 6.63. The first-order valence-corrected chi connectivity index (χ1v) is 7.28. The smallest absolute Gasteiger partial charge is 0.191 e. The number of aliphatic imine (C=N–C) groups is 1. The number of nitrogens with one attached hydrogen (secondary N) is 2. The lowest BCUT2D eigenvalue weighted by Gasteiger charge is -2.26. The summed E-state index contributed by atoms with van der Waals surface area (Å²) in [5.41, 5.74) is 0.965. The van der Waals surface area contributed by atoms with Crippen LogP contribution in [0.25, 0.3) is 0 Å². The second kappa shape index (κ2) is 10.8. The highest BCUT2D eigenvalue weighted by atomic mass is 127. The minimum absolute atomic E-state index is 0. The molecule has 0 saturated heterocycles. The average Bonchev–Trinajstić information content (AvgIpc) is 2.47. The molecule has 0 heterocycles. The standard InChI is InChI=1S/C16H26FN3O.HI/c1-5-21-11-10-19-15(18-4)20-12-16(2,3)13-6-8-14(17)9-7-13;/h6-9H,5,10-12H2,1-4H3,(H2,18,19,20);1H. The van der Waals surface area contributed by atoms with Crippen molar-refractivity contribution in [2.45, 2.75) is 26.2 Å². The normalized spacial score (nSPS) is 11.8. The van der Waals surface area contributed by atoms with Crippen molar-refractivity contribution in [3.05, 3.63) is 35.6 Å². The third-order valence-electron chi connectivity index (χ3n) is 3.29. The predicted molar refractivity (Wildman–Crippen MR) is 101 cm³/mol. The SMILES string of the molecule is CCOCCNC(=NC)NCC(C)(C)c1ccc(F)cc1.I. The fourth-order valence-electron chi connectivity index (χ4n) is 1.91. The van der Waals surface area contributed by atoms with Gasteiger partial charge in [0.15, 0.2) is 5.96 Å². The summed E-state index contributed by atoms with van der Waals surface area (Å²) in [5, 5.41) is 6.48. The molecule has 0 spiro atoms. The number of benzene rings is 1. The number of nitrogens with zero attached hydrogens (tertiary/aromatic N) is 1. The maximum absolute atomic E-state index is 13.0. The number of halogens is 2. The second-order valence-corrected chi connectivity index (χ2v) is 5.44. The molecular weight excluding hydrogens is 396 g/mol. The van der Waals surface area contributed by atoms with Crippen molar-refractivity contribution >= 4 is 29.9 Å². The number of guanidine groups is 1. The molecule has 0 unspecified atom stereocenters. The minimum Gasteiger partial charge on any atom is -0.380 e. The maximum Gasteiger partial charge on any atom is 0.191 e. The Labute approximate surface area is 149 Å². The highest BCUT2D eigenvalue weighted by Crippen LogP contribution is 2.22. The zero-order valence-electron chi connectivity index (χ0n) is 13.8. The van der Waals surface area contributed by atoms with E-state index < -0.39 is 0 Å². The largest absolute Gasteiger partial charge is 0.380 e. The quantitative estimate of drug-likeness (QED) is 0.307. The van der Waals surface area contributed by atoms with Crippen LogP contribution in [0.4, 0.5) is 4.39 Å². The van der Waals surface area contributed by atoms with E-state index in [1.807, 2.05) is 19.1 Å². The van der Waals surface area contributed by atoms with Gasteiger partial charge in [-0.15, -0.1) is 24.0 Å². The first-order valence-electron chi connectivity index (χ1n) is 7.28. The highest BCUT2D eigenvalue weighted by Gasteiger charge is 2.20. The van der Waals surface area contributed by atoms with Crippen molar-refractivity contribution in [1.29, 1.82) is 0 Å². The van der Waals surface area contributed by atoms with Crippen LogP contribution in [0.5, 0.6) is 0 Å². The molecule has 0 amide bonds. The van der Waals surface area contributed by atoms with E-state index in [2.05, 4.69) is 29.5 Å². The molecule has 0 bridgehead atoms. The van der Waals surface area contributed by atoms with E-state index in [-0.39, 0.29) is 35.2 Å². The van der Waals surface area contributed by atoms with E-state index >= 15 is 0 Å². The molecule has 0 fully saturated rings. The Bertz CT molecular complexity index is 449. The molecule has 2 N–H and O–H groups in total. The Hall–Kier alpha value is -0.890. The van der Waals surface area contributed by atoms with E-state index in [0.717, 1.165) is 11.5 Å². The van der Waals surface area contributed by atoms with Crippen molar-refractivity contribution in [1.82, 2.24) is 10.6 Å². The van der Waals surface area contributed by atoms with Crippen LogP contribution < -0.4 is 10.6 Å². The van der Waals surface area contributed by atoms with Gasteiger partial charge in [0.25, 0.3) is 0 Å². The number of hydrogen-bond donors (Lipinski definition) is 2. The average molecular weight is 423 g/mol. The lowest BCUT2D eigenvalue weighted by molar-refractivity contribution is 0.152. The van der Waals surface area contributed by atoms with E-state index in [1.54, 1.807) is 7.05 Å². The van der Waals surface area contributed by atoms with E-state index in [1.165, 1.54) is 12.1 Å². The fraction of sp³-hybridized carbons (Fsp3) is 0.562. The minimum atomic E-state index is -0.212. The third-order valence-corrected chi connectivity index (χ3v) is 3.29. The van der Waals surface area contributed by atoms with Crippen molar-refractivity contribution in [2.24, 2.45) is 4.99 Å². The second-order valence-electron chi connectivity index (χ2n) is 5.44. The molecule has 1 aromatic carbocycles. The van der Waals surface area contributed by atoms with Crippen LogP contribution in [0.15, 0.2) is 29.3 Å². The number of hydrogen-bond acceptors (Lipinski definition) is 2. The fourth-order valence-corrected chi connectivity index (χ4v) is 1.91. The van der Waals surface area contributed by atoms with Gasteiger partial charge >= 0.3 is 0 Å². The molecule has 0 aliphatic rings. The Balaban J connectivity index is 0.00000441. The van der Waals surface area contributed by atoms with Gasteiger partial charge in [0.05, 0.1) is 6.61 Å². The third kappa shape index (κ3) is 7.40. The Morgan fingerprint density at radius 3 is 2.41 bits per heavy atom. The molecular formula is C16H27FIN3O. The van der Waals surface area contributed by atoms with Gasteiger partial charge in [-0.05, 0) is 24.6 Å². The Kier molecular flexibility index (Phi) is 10.3. The summed E-state index contributed by atoms with van der Waals surface area (Å²) in [6.45, 7) is 8.97. The zero-order valence-corrected chi connectivity index (χ0v) is 16.1. The van der Waals surface area contributed by atoms with Gasteiger partial charge in [-0.2, -0.15) is 0 Å². The van der Waals surface area contributed by atoms with Gasteiger partial charge in [0, 0.05) is 32.2 Å². The lowest BCUT2D eigenvalue weighted by atomic mass is 9.84. The molecule has 6 heteroatoms. The van der Waals surface area contributed by atoms with Gasteiger partial charge < -0.3 is 15.4 Å². The van der Waals surface area contributed by atoms with Crippen LogP contribution in [-0.4, -0.2) is 39.3 Å². The number of rotatable bonds is 7. The summed E-state index contributed by atoms with van der Waals surface area (Å²) >= 11 is 0. The van der Waals surface area contributed by atoms with Gasteiger partial charge in [-0.3, -0.25) is 4.99 Å². The zero-order chi connectivity index (χ0) is 15.7. The first-order chi connectivity index (χ1) is 9.99. The monoisotopic (exact) mass is 423 g/mol. The van der Waals surface area contributed by atoms with E-state index in [4.69, 9.17) is 4.74 Å². The molecule has 126 valence electrons. The first kappa shape index (κ1) is 21.1. The molecule has 0 aliphatic heterocycles. The number of ether oxygens (including phenoxy) is 1. The molecule has 1 rings (SSSR count). The maximum atomic E-state index is 13.0. The van der Waals surface area contributed by atoms with Crippen molar-refractivity contribution in [2.75, 3.05) is 33.4 Å². The summed E-state index contributed by atoms with van der Waals surface area (Å²) in [6.07, 6.45) is 0. The molecule has 0 saturated carbocycles. The predicted octanol–water partition coefficient (Wildman–Crippen LogP) is 2.92. The molecule has 0 atom stereocenters. The van der Waals surface area contributed by atoms with Gasteiger partial charge in [0.1, 0.15) is 5.82 Å². The summed E-state index contributed by atoms with van der Waals surface area (Å²) in [4.78, 5) is 4.18. The molecule has 4 nitrogen and oxygen atoms in total. The van der Waals surface area contributed by atoms with Gasteiger partial charge in [-0.1, -0.05) is 26.0 Å². The molecule has 22 heavy (non-hydrogen) atoms. The highest BCUT2D eigenvalue weighted by molar-refractivity contribution is 14.0. The Morgan fingerprint density at radius 1 is 1.23 bits per heavy atom. The summed E-state index contributed by atoms with van der Waals surface area (Å²) in [5.74, 6) is 0.529. The van der Waals surface area contributed by atoms with E-state index in [9.17, 15) is 4.39 Å². The van der Waals surface area contributed by atoms with Crippen LogP contribution >= 0.6 is 24.0 Å². The van der Waals surface area contributed by atoms with Crippen LogP contribution in [0, 0.1) is 5.82 Å². The van der Waals surface area contributed by atoms with E-state index in [0.29, 0.717) is 26.3 Å². The van der Waals surface area contributed by atoms with Gasteiger partial charge in [0.2, 0.25) is 0 Å². The van der Waals surface area contributed by atoms with Crippen molar-refractivity contribution in [3.63, 3.8) is 0 Å². The van der Waals surface area contributed by atoms with Crippen molar-refractivity contribution < 1.29 is 9.13 Å². The van der Waals surface area contributed by atoms with Gasteiger partial charge in [-0.25, -0.2) is 4.39 Å². The lowest BCUT2D eigenvalue weighted by Crippen LogP contribution is -2.44. The summed E-state index contributed by atoms with van der Waals surface area (Å²) < 4.78 is 18.3. The van der Waals surface area contributed by atoms with Crippen LogP contribution in [0.2, 0.25) is 0 Å². The topological polar surface area (TPSA) is 45.6 Å². The van der Waals surface area contributed by atoms with Crippen LogP contribution in [0.1, 0.15) is 26.3 Å². The molecule has 0 radical (unpaired) electrons. The van der Waals surface area contributed by atoms with Crippen LogP contribution in [0.3, 0.4) is 0 Å². The van der Waals surface area contributed by atoms with Crippen molar-refractivity contribution in [3.8, 4) is 0 Å². The Morgan fingerprint density at radius 2 is 1.86 bits per heavy atom. The summed E-state index contributed by atoms with van der Waals surface area (Å²) in [7, 11) is 1.74. The molecule has 1 aromatic rings. The van der Waals surface area contributed by atoms with Crippen LogP contribution in [-0.2, 0) is 10.2 Å². The molecule has 0 aromatic heterocycles.